The minimum atomic E-state index is 0.476. The maximum Gasteiger partial charge on any atom is 0.163 e. The summed E-state index contributed by atoms with van der Waals surface area (Å²) in [5.74, 6) is 1.39. The first-order valence-corrected chi connectivity index (χ1v) is 9.91. The average Bonchev–Trinajstić information content (AvgIpc) is 2.70. The zero-order chi connectivity index (χ0) is 19.8. The van der Waals surface area contributed by atoms with Gasteiger partial charge in [-0.1, -0.05) is 71.8 Å². The standard InChI is InChI=1S/C24H26ClNO2/c1-3-27-23-13-21(16-26-15-19-9-5-4-6-10-19)22(25)14-24(23)28-17-20-11-7-8-18(2)12-20/h4-14,26H,3,15-17H2,1-2H3. The molecule has 3 aromatic rings. The minimum Gasteiger partial charge on any atom is -0.490 e. The van der Waals surface area contributed by atoms with Crippen molar-refractivity contribution in [2.75, 3.05) is 6.61 Å². The molecular formula is C24H26ClNO2. The predicted molar refractivity (Wildman–Crippen MR) is 115 cm³/mol. The van der Waals surface area contributed by atoms with Gasteiger partial charge in [-0.15, -0.1) is 0 Å². The Morgan fingerprint density at radius 3 is 2.32 bits per heavy atom. The third-order valence-electron chi connectivity index (χ3n) is 4.38. The van der Waals surface area contributed by atoms with Crippen LogP contribution in [0.5, 0.6) is 11.5 Å². The Balaban J connectivity index is 1.68. The van der Waals surface area contributed by atoms with Crippen LogP contribution in [0.3, 0.4) is 0 Å². The van der Waals surface area contributed by atoms with Gasteiger partial charge in [-0.25, -0.2) is 0 Å². The zero-order valence-electron chi connectivity index (χ0n) is 16.4. The number of aryl methyl sites for hydroxylation is 1. The van der Waals surface area contributed by atoms with E-state index >= 15 is 0 Å². The lowest BCUT2D eigenvalue weighted by Crippen LogP contribution is -2.13. The number of ether oxygens (including phenoxy) is 2. The fraction of sp³-hybridized carbons (Fsp3) is 0.250. The molecule has 0 aliphatic carbocycles. The fourth-order valence-corrected chi connectivity index (χ4v) is 3.21. The van der Waals surface area contributed by atoms with E-state index in [0.29, 0.717) is 30.5 Å². The van der Waals surface area contributed by atoms with Gasteiger partial charge in [0.1, 0.15) is 6.61 Å². The van der Waals surface area contributed by atoms with Crippen LogP contribution < -0.4 is 14.8 Å². The SMILES string of the molecule is CCOc1cc(CNCc2ccccc2)c(Cl)cc1OCc1cccc(C)c1. The first-order chi connectivity index (χ1) is 13.7. The van der Waals surface area contributed by atoms with Gasteiger partial charge < -0.3 is 14.8 Å². The Morgan fingerprint density at radius 1 is 0.821 bits per heavy atom. The molecule has 0 unspecified atom stereocenters. The number of hydrogen-bond acceptors (Lipinski definition) is 3. The van der Waals surface area contributed by atoms with E-state index in [1.807, 2.05) is 43.3 Å². The smallest absolute Gasteiger partial charge is 0.163 e. The summed E-state index contributed by atoms with van der Waals surface area (Å²) in [7, 11) is 0. The summed E-state index contributed by atoms with van der Waals surface area (Å²) in [4.78, 5) is 0. The van der Waals surface area contributed by atoms with Crippen LogP contribution in [-0.4, -0.2) is 6.61 Å². The molecule has 3 rings (SSSR count). The molecule has 0 aliphatic rings. The Kier molecular flexibility index (Phi) is 7.35. The van der Waals surface area contributed by atoms with E-state index in [-0.39, 0.29) is 0 Å². The Morgan fingerprint density at radius 2 is 1.57 bits per heavy atom. The van der Waals surface area contributed by atoms with Crippen molar-refractivity contribution < 1.29 is 9.47 Å². The summed E-state index contributed by atoms with van der Waals surface area (Å²) in [6.07, 6.45) is 0. The van der Waals surface area contributed by atoms with E-state index in [1.165, 1.54) is 11.1 Å². The van der Waals surface area contributed by atoms with Crippen molar-refractivity contribution in [2.24, 2.45) is 0 Å². The molecule has 0 radical (unpaired) electrons. The Labute approximate surface area is 172 Å². The number of benzene rings is 3. The number of nitrogens with one attached hydrogen (secondary N) is 1. The van der Waals surface area contributed by atoms with Crippen LogP contribution in [0.1, 0.15) is 29.2 Å². The van der Waals surface area contributed by atoms with E-state index in [2.05, 4.69) is 42.6 Å². The van der Waals surface area contributed by atoms with Gasteiger partial charge in [0.25, 0.3) is 0 Å². The monoisotopic (exact) mass is 395 g/mol. The first kappa shape index (κ1) is 20.2. The van der Waals surface area contributed by atoms with E-state index < -0.39 is 0 Å². The predicted octanol–water partition coefficient (Wildman–Crippen LogP) is 5.92. The molecule has 0 saturated heterocycles. The highest BCUT2D eigenvalue weighted by molar-refractivity contribution is 6.31. The summed E-state index contributed by atoms with van der Waals surface area (Å²) in [6, 6.07) is 22.4. The van der Waals surface area contributed by atoms with E-state index in [4.69, 9.17) is 21.1 Å². The Hall–Kier alpha value is -2.49. The molecule has 3 nitrogen and oxygen atoms in total. The second kappa shape index (κ2) is 10.2. The normalized spacial score (nSPS) is 10.7. The molecule has 0 saturated carbocycles. The van der Waals surface area contributed by atoms with Gasteiger partial charge in [0.15, 0.2) is 11.5 Å². The third-order valence-corrected chi connectivity index (χ3v) is 4.73. The summed E-state index contributed by atoms with van der Waals surface area (Å²) in [6.45, 7) is 6.53. The van der Waals surface area contributed by atoms with Gasteiger partial charge in [0.05, 0.1) is 6.61 Å². The third kappa shape index (κ3) is 5.75. The van der Waals surface area contributed by atoms with Crippen molar-refractivity contribution >= 4 is 11.6 Å². The molecule has 146 valence electrons. The quantitative estimate of drug-likeness (QED) is 0.488. The van der Waals surface area contributed by atoms with Gasteiger partial charge in [-0.05, 0) is 36.6 Å². The molecule has 0 atom stereocenters. The second-order valence-electron chi connectivity index (χ2n) is 6.69. The zero-order valence-corrected chi connectivity index (χ0v) is 17.1. The van der Waals surface area contributed by atoms with Crippen LogP contribution in [0.15, 0.2) is 66.7 Å². The number of rotatable bonds is 9. The minimum absolute atomic E-state index is 0.476. The van der Waals surface area contributed by atoms with Crippen molar-refractivity contribution in [3.05, 3.63) is 94.0 Å². The molecule has 0 fully saturated rings. The van der Waals surface area contributed by atoms with E-state index in [0.717, 1.165) is 23.4 Å². The molecular weight excluding hydrogens is 370 g/mol. The van der Waals surface area contributed by atoms with Crippen LogP contribution >= 0.6 is 11.6 Å². The molecule has 1 N–H and O–H groups in total. The summed E-state index contributed by atoms with van der Waals surface area (Å²) >= 11 is 6.51. The van der Waals surface area contributed by atoms with Crippen LogP contribution in [0.2, 0.25) is 5.02 Å². The first-order valence-electron chi connectivity index (χ1n) is 9.54. The van der Waals surface area contributed by atoms with Crippen molar-refractivity contribution in [1.82, 2.24) is 5.32 Å². The topological polar surface area (TPSA) is 30.5 Å². The lowest BCUT2D eigenvalue weighted by molar-refractivity contribution is 0.269. The highest BCUT2D eigenvalue weighted by Crippen LogP contribution is 2.34. The molecule has 0 amide bonds. The summed E-state index contributed by atoms with van der Waals surface area (Å²) in [5, 5.41) is 4.10. The molecule has 0 aromatic heterocycles. The molecule has 4 heteroatoms. The largest absolute Gasteiger partial charge is 0.490 e. The Bertz CT molecular complexity index is 896. The maximum atomic E-state index is 6.51. The lowest BCUT2D eigenvalue weighted by atomic mass is 10.1. The van der Waals surface area contributed by atoms with Crippen molar-refractivity contribution in [1.29, 1.82) is 0 Å². The molecule has 0 aliphatic heterocycles. The second-order valence-corrected chi connectivity index (χ2v) is 7.10. The van der Waals surface area contributed by atoms with Crippen LogP contribution in [0.25, 0.3) is 0 Å². The summed E-state index contributed by atoms with van der Waals surface area (Å²) < 4.78 is 11.8. The van der Waals surface area contributed by atoms with Crippen molar-refractivity contribution in [3.8, 4) is 11.5 Å². The van der Waals surface area contributed by atoms with Gasteiger partial charge >= 0.3 is 0 Å². The molecule has 0 bridgehead atoms. The van der Waals surface area contributed by atoms with Gasteiger partial charge in [-0.2, -0.15) is 0 Å². The van der Waals surface area contributed by atoms with Gasteiger partial charge in [0.2, 0.25) is 0 Å². The van der Waals surface area contributed by atoms with Crippen LogP contribution in [0, 0.1) is 6.92 Å². The lowest BCUT2D eigenvalue weighted by Gasteiger charge is -2.15. The highest BCUT2D eigenvalue weighted by atomic mass is 35.5. The molecule has 0 spiro atoms. The van der Waals surface area contributed by atoms with Crippen molar-refractivity contribution in [3.63, 3.8) is 0 Å². The molecule has 0 heterocycles. The van der Waals surface area contributed by atoms with Gasteiger partial charge in [-0.3, -0.25) is 0 Å². The molecule has 3 aromatic carbocycles. The van der Waals surface area contributed by atoms with Crippen molar-refractivity contribution in [2.45, 2.75) is 33.5 Å². The number of halogens is 1. The van der Waals surface area contributed by atoms with Gasteiger partial charge in [0, 0.05) is 24.2 Å². The molecule has 28 heavy (non-hydrogen) atoms. The maximum absolute atomic E-state index is 6.51. The van der Waals surface area contributed by atoms with Crippen LogP contribution in [0.4, 0.5) is 0 Å². The highest BCUT2D eigenvalue weighted by Gasteiger charge is 2.11. The number of hydrogen-bond donors (Lipinski definition) is 1. The summed E-state index contributed by atoms with van der Waals surface area (Å²) in [5.41, 5.74) is 4.56. The van der Waals surface area contributed by atoms with Crippen LogP contribution in [-0.2, 0) is 19.7 Å². The van der Waals surface area contributed by atoms with E-state index in [9.17, 15) is 0 Å². The van der Waals surface area contributed by atoms with E-state index in [1.54, 1.807) is 0 Å². The fourth-order valence-electron chi connectivity index (χ4n) is 2.99. The average molecular weight is 396 g/mol.